The zero-order chi connectivity index (χ0) is 16.5. The van der Waals surface area contributed by atoms with Gasteiger partial charge in [0.05, 0.1) is 12.6 Å². The number of rotatable bonds is 2. The third kappa shape index (κ3) is 2.84. The maximum Gasteiger partial charge on any atom is 0.272 e. The van der Waals surface area contributed by atoms with E-state index in [1.54, 1.807) is 7.11 Å². The molecule has 5 nitrogen and oxygen atoms in total. The van der Waals surface area contributed by atoms with Crippen molar-refractivity contribution in [3.05, 3.63) is 36.0 Å². The van der Waals surface area contributed by atoms with E-state index in [9.17, 15) is 4.79 Å². The van der Waals surface area contributed by atoms with Gasteiger partial charge in [-0.3, -0.25) is 4.79 Å². The number of nitrogens with one attached hydrogen (secondary N) is 1. The lowest BCUT2D eigenvalue weighted by Gasteiger charge is -2.20. The fraction of sp³-hybridized carbons (Fsp3) is 0.474. The molecule has 4 rings (SSSR count). The molecule has 2 aliphatic heterocycles. The maximum absolute atomic E-state index is 12.9. The molecule has 1 aromatic heterocycles. The van der Waals surface area contributed by atoms with Crippen LogP contribution in [0.4, 0.5) is 0 Å². The lowest BCUT2D eigenvalue weighted by Crippen LogP contribution is -2.33. The van der Waals surface area contributed by atoms with E-state index < -0.39 is 0 Å². The van der Waals surface area contributed by atoms with Crippen LogP contribution in [0.1, 0.15) is 23.3 Å². The zero-order valence-electron chi connectivity index (χ0n) is 14.0. The lowest BCUT2D eigenvalue weighted by molar-refractivity contribution is 0.0753. The van der Waals surface area contributed by atoms with E-state index in [0.29, 0.717) is 5.69 Å². The van der Waals surface area contributed by atoms with Gasteiger partial charge in [-0.1, -0.05) is 6.07 Å². The van der Waals surface area contributed by atoms with Crippen LogP contribution in [-0.2, 0) is 0 Å². The van der Waals surface area contributed by atoms with Crippen molar-refractivity contribution in [3.63, 3.8) is 0 Å². The van der Waals surface area contributed by atoms with Gasteiger partial charge in [-0.15, -0.1) is 0 Å². The van der Waals surface area contributed by atoms with Crippen LogP contribution in [-0.4, -0.2) is 49.1 Å². The van der Waals surface area contributed by atoms with Crippen LogP contribution in [0.5, 0.6) is 5.75 Å². The third-order valence-corrected chi connectivity index (χ3v) is 5.42. The Balaban J connectivity index is 1.54. The van der Waals surface area contributed by atoms with Crippen LogP contribution in [0.2, 0.25) is 0 Å². The normalized spacial score (nSPS) is 23.8. The van der Waals surface area contributed by atoms with Crippen molar-refractivity contribution in [2.75, 3.05) is 33.3 Å². The van der Waals surface area contributed by atoms with Crippen molar-refractivity contribution < 1.29 is 9.53 Å². The molecule has 1 aromatic carbocycles. The molecule has 1 N–H and O–H groups in total. The van der Waals surface area contributed by atoms with Crippen LogP contribution in [0.25, 0.3) is 10.9 Å². The number of amides is 1. The Hall–Kier alpha value is -2.14. The molecule has 5 heteroatoms. The van der Waals surface area contributed by atoms with Crippen LogP contribution in [0, 0.1) is 11.8 Å². The van der Waals surface area contributed by atoms with Crippen LogP contribution >= 0.6 is 0 Å². The summed E-state index contributed by atoms with van der Waals surface area (Å²) in [6, 6.07) is 9.51. The Kier molecular flexibility index (Phi) is 4.10. The number of nitrogens with zero attached hydrogens (tertiary/aromatic N) is 2. The van der Waals surface area contributed by atoms with Crippen molar-refractivity contribution in [2.45, 2.75) is 12.8 Å². The minimum Gasteiger partial charge on any atom is -0.497 e. The van der Waals surface area contributed by atoms with Crippen LogP contribution in [0.15, 0.2) is 30.3 Å². The summed E-state index contributed by atoms with van der Waals surface area (Å²) in [4.78, 5) is 19.4. The van der Waals surface area contributed by atoms with Crippen molar-refractivity contribution in [1.82, 2.24) is 15.2 Å². The molecular formula is C19H23N3O2. The van der Waals surface area contributed by atoms with Crippen molar-refractivity contribution in [2.24, 2.45) is 11.8 Å². The van der Waals surface area contributed by atoms with Crippen molar-refractivity contribution >= 4 is 16.8 Å². The van der Waals surface area contributed by atoms with E-state index in [4.69, 9.17) is 4.74 Å². The largest absolute Gasteiger partial charge is 0.497 e. The summed E-state index contributed by atoms with van der Waals surface area (Å²) in [7, 11) is 1.65. The highest BCUT2D eigenvalue weighted by Gasteiger charge is 2.31. The van der Waals surface area contributed by atoms with Crippen LogP contribution in [0.3, 0.4) is 0 Å². The van der Waals surface area contributed by atoms with E-state index in [0.717, 1.165) is 67.5 Å². The second kappa shape index (κ2) is 6.40. The molecule has 2 saturated heterocycles. The summed E-state index contributed by atoms with van der Waals surface area (Å²) in [6.07, 6.45) is 2.18. The molecule has 2 aromatic rings. The van der Waals surface area contributed by atoms with E-state index in [-0.39, 0.29) is 5.91 Å². The second-order valence-corrected chi connectivity index (χ2v) is 6.80. The smallest absolute Gasteiger partial charge is 0.272 e. The van der Waals surface area contributed by atoms with Gasteiger partial charge in [-0.25, -0.2) is 4.98 Å². The minimum atomic E-state index is 0.0562. The van der Waals surface area contributed by atoms with Gasteiger partial charge in [-0.05, 0) is 62.0 Å². The average Bonchev–Trinajstić information content (AvgIpc) is 2.98. The maximum atomic E-state index is 12.9. The highest BCUT2D eigenvalue weighted by atomic mass is 16.5. The van der Waals surface area contributed by atoms with E-state index in [1.165, 1.54) is 0 Å². The fourth-order valence-electron chi connectivity index (χ4n) is 3.93. The molecule has 0 bridgehead atoms. The molecule has 126 valence electrons. The summed E-state index contributed by atoms with van der Waals surface area (Å²) in [5.41, 5.74) is 1.37. The van der Waals surface area contributed by atoms with Gasteiger partial charge in [0.1, 0.15) is 11.4 Å². The first-order valence-corrected chi connectivity index (χ1v) is 8.69. The van der Waals surface area contributed by atoms with Gasteiger partial charge in [0.25, 0.3) is 5.91 Å². The highest BCUT2D eigenvalue weighted by Crippen LogP contribution is 2.28. The summed E-state index contributed by atoms with van der Waals surface area (Å²) in [5, 5.41) is 4.46. The number of hydrogen-bond acceptors (Lipinski definition) is 4. The Bertz CT molecular complexity index is 747. The first kappa shape index (κ1) is 15.4. The first-order chi connectivity index (χ1) is 11.7. The van der Waals surface area contributed by atoms with Gasteiger partial charge < -0.3 is 15.0 Å². The number of pyridine rings is 1. The molecular weight excluding hydrogens is 302 g/mol. The Labute approximate surface area is 142 Å². The van der Waals surface area contributed by atoms with Crippen molar-refractivity contribution in [3.8, 4) is 5.75 Å². The predicted octanol–water partition coefficient (Wildman–Crippen LogP) is 2.32. The average molecular weight is 325 g/mol. The van der Waals surface area contributed by atoms with Gasteiger partial charge in [-0.2, -0.15) is 0 Å². The highest BCUT2D eigenvalue weighted by molar-refractivity contribution is 5.95. The third-order valence-electron chi connectivity index (χ3n) is 5.42. The number of fused-ring (bicyclic) bond motifs is 2. The van der Waals surface area contributed by atoms with Crippen molar-refractivity contribution in [1.29, 1.82) is 0 Å². The Morgan fingerprint density at radius 2 is 1.92 bits per heavy atom. The number of aromatic nitrogens is 1. The van der Waals surface area contributed by atoms with Gasteiger partial charge in [0.2, 0.25) is 0 Å². The molecule has 2 aliphatic rings. The van der Waals surface area contributed by atoms with E-state index in [2.05, 4.69) is 10.3 Å². The summed E-state index contributed by atoms with van der Waals surface area (Å²) >= 11 is 0. The fourth-order valence-corrected chi connectivity index (χ4v) is 3.93. The number of methoxy groups -OCH3 is 1. The topological polar surface area (TPSA) is 54.5 Å². The first-order valence-electron chi connectivity index (χ1n) is 8.69. The molecule has 3 heterocycles. The predicted molar refractivity (Wildman–Crippen MR) is 93.3 cm³/mol. The molecule has 2 fully saturated rings. The number of hydrogen-bond donors (Lipinski definition) is 1. The molecule has 0 spiro atoms. The Morgan fingerprint density at radius 3 is 2.62 bits per heavy atom. The summed E-state index contributed by atoms with van der Waals surface area (Å²) in [5.74, 6) is 2.30. The molecule has 0 saturated carbocycles. The Morgan fingerprint density at radius 1 is 1.17 bits per heavy atom. The van der Waals surface area contributed by atoms with Gasteiger partial charge in [0, 0.05) is 18.5 Å². The molecule has 0 unspecified atom stereocenters. The standard InChI is InChI=1S/C19H23N3O2/c1-24-16-3-5-17-13(10-16)2-4-18(21-17)19(23)22-8-6-14-11-20-12-15(14)7-9-22/h2-5,10,14-15,20H,6-9,11-12H2,1H3/t14-,15+. The van der Waals surface area contributed by atoms with Gasteiger partial charge in [0.15, 0.2) is 0 Å². The number of benzene rings is 1. The number of ether oxygens (including phenoxy) is 1. The van der Waals surface area contributed by atoms with Crippen LogP contribution < -0.4 is 10.1 Å². The molecule has 0 radical (unpaired) electrons. The van der Waals surface area contributed by atoms with E-state index >= 15 is 0 Å². The minimum absolute atomic E-state index is 0.0562. The number of carbonyl (C=O) groups excluding carboxylic acids is 1. The molecule has 2 atom stereocenters. The number of likely N-dealkylation sites (tertiary alicyclic amines) is 1. The molecule has 0 aliphatic carbocycles. The zero-order valence-corrected chi connectivity index (χ0v) is 14.0. The summed E-state index contributed by atoms with van der Waals surface area (Å²) < 4.78 is 5.24. The lowest BCUT2D eigenvalue weighted by atomic mass is 9.92. The monoisotopic (exact) mass is 325 g/mol. The SMILES string of the molecule is COc1ccc2nc(C(=O)N3CC[C@@H]4CNC[C@@H]4CC3)ccc2c1. The quantitative estimate of drug-likeness (QED) is 0.921. The van der Waals surface area contributed by atoms with E-state index in [1.807, 2.05) is 35.2 Å². The van der Waals surface area contributed by atoms with Gasteiger partial charge >= 0.3 is 0 Å². The molecule has 24 heavy (non-hydrogen) atoms. The number of carbonyl (C=O) groups is 1. The summed E-state index contributed by atoms with van der Waals surface area (Å²) in [6.45, 7) is 3.87. The second-order valence-electron chi connectivity index (χ2n) is 6.80. The molecule has 1 amide bonds.